The van der Waals surface area contributed by atoms with Gasteiger partial charge in [0.1, 0.15) is 0 Å². The number of hydrogen-bond acceptors (Lipinski definition) is 6. The van der Waals surface area contributed by atoms with Crippen LogP contribution in [0.5, 0.6) is 0 Å². The zero-order valence-corrected chi connectivity index (χ0v) is 10.8. The third-order valence-corrected chi connectivity index (χ3v) is 2.48. The molecule has 0 radical (unpaired) electrons. The van der Waals surface area contributed by atoms with Crippen LogP contribution in [0.4, 0.5) is 0 Å². The minimum Gasteiger partial charge on any atom is -0.481 e. The first-order valence-electron chi connectivity index (χ1n) is 5.07. The van der Waals surface area contributed by atoms with Crippen molar-refractivity contribution in [1.82, 2.24) is 0 Å². The highest BCUT2D eigenvalue weighted by molar-refractivity contribution is 7.80. The maximum absolute atomic E-state index is 10.9. The normalized spacial score (nSPS) is 12.7. The molecule has 0 aliphatic rings. The lowest BCUT2D eigenvalue weighted by atomic mass is 10.0. The van der Waals surface area contributed by atoms with Crippen molar-refractivity contribution in [3.63, 3.8) is 0 Å². The fourth-order valence-corrected chi connectivity index (χ4v) is 1.59. The van der Waals surface area contributed by atoms with Gasteiger partial charge in [-0.25, -0.2) is 13.8 Å². The van der Waals surface area contributed by atoms with Gasteiger partial charge in [-0.05, 0) is 12.8 Å². The van der Waals surface area contributed by atoms with Gasteiger partial charge in [0.15, 0.2) is 0 Å². The van der Waals surface area contributed by atoms with E-state index in [1.54, 1.807) is 0 Å². The van der Waals surface area contributed by atoms with Crippen LogP contribution in [0.2, 0.25) is 0 Å². The largest absolute Gasteiger partial charge is 0.481 e. The second kappa shape index (κ2) is 7.57. The zero-order valence-electron chi connectivity index (χ0n) is 9.98. The number of rotatable bonds is 9. The molecule has 11 heteroatoms. The number of hydrogen-bond donors (Lipinski definition) is 4. The lowest BCUT2D eigenvalue weighted by molar-refractivity contribution is -0.140. The Hall–Kier alpha value is -1.98. The first-order valence-corrected chi connectivity index (χ1v) is 6.43. The first kappa shape index (κ1) is 18.0. The van der Waals surface area contributed by atoms with Gasteiger partial charge in [-0.1, -0.05) is 0 Å². The van der Waals surface area contributed by atoms with Gasteiger partial charge in [-0.15, -0.1) is 0 Å². The Morgan fingerprint density at radius 2 is 1.45 bits per heavy atom. The molecule has 0 rings (SSSR count). The van der Waals surface area contributed by atoms with Crippen LogP contribution in [0, 0.1) is 0 Å². The Morgan fingerprint density at radius 3 is 1.80 bits per heavy atom. The van der Waals surface area contributed by atoms with E-state index in [0.29, 0.717) is 0 Å². The molecule has 0 fully saturated rings. The predicted molar refractivity (Wildman–Crippen MR) is 61.3 cm³/mol. The van der Waals surface area contributed by atoms with E-state index in [-0.39, 0.29) is 6.42 Å². The highest BCUT2D eigenvalue weighted by atomic mass is 32.3. The van der Waals surface area contributed by atoms with E-state index in [0.717, 1.165) is 0 Å². The summed E-state index contributed by atoms with van der Waals surface area (Å²) < 4.78 is 32.6. The first-order chi connectivity index (χ1) is 9.04. The quantitative estimate of drug-likeness (QED) is 0.247. The van der Waals surface area contributed by atoms with Crippen molar-refractivity contribution in [3.8, 4) is 0 Å². The van der Waals surface area contributed by atoms with Crippen molar-refractivity contribution in [3.05, 3.63) is 11.1 Å². The molecule has 0 saturated carbocycles. The molecule has 0 heterocycles. The van der Waals surface area contributed by atoms with Gasteiger partial charge >= 0.3 is 28.3 Å². The van der Waals surface area contributed by atoms with E-state index < -0.39 is 58.9 Å². The summed E-state index contributed by atoms with van der Waals surface area (Å²) in [6, 6.07) is 0. The Labute approximate surface area is 113 Å². The lowest BCUT2D eigenvalue weighted by Gasteiger charge is -2.07. The molecule has 4 N–H and O–H groups in total. The Kier molecular flexibility index (Phi) is 6.82. The molecular weight excluding hydrogens is 300 g/mol. The minimum absolute atomic E-state index is 0.238. The van der Waals surface area contributed by atoms with E-state index in [9.17, 15) is 22.8 Å². The summed E-state index contributed by atoms with van der Waals surface area (Å²) >= 11 is 0. The third kappa shape index (κ3) is 7.45. The minimum atomic E-state index is -4.67. The highest BCUT2D eigenvalue weighted by Crippen LogP contribution is 2.16. The van der Waals surface area contributed by atoms with Gasteiger partial charge in [0.2, 0.25) is 0 Å². The molecule has 0 aliphatic carbocycles. The fourth-order valence-electron chi connectivity index (χ4n) is 1.26. The van der Waals surface area contributed by atoms with Gasteiger partial charge in [0.25, 0.3) is 0 Å². The molecule has 0 aromatic rings. The van der Waals surface area contributed by atoms with Crippen molar-refractivity contribution in [1.29, 1.82) is 0 Å². The molecule has 0 aromatic carbocycles. The summed E-state index contributed by atoms with van der Waals surface area (Å²) in [6.07, 6.45) is -1.66. The Morgan fingerprint density at radius 1 is 0.950 bits per heavy atom. The number of aliphatic carboxylic acids is 3. The molecule has 0 atom stereocenters. The van der Waals surface area contributed by atoms with E-state index in [1.165, 1.54) is 0 Å². The van der Waals surface area contributed by atoms with Crippen molar-refractivity contribution < 1.29 is 46.9 Å². The topological polar surface area (TPSA) is 175 Å². The molecule has 0 unspecified atom stereocenters. The maximum atomic E-state index is 10.9. The van der Waals surface area contributed by atoms with E-state index in [2.05, 4.69) is 4.18 Å². The highest BCUT2D eigenvalue weighted by Gasteiger charge is 2.22. The molecule has 20 heavy (non-hydrogen) atoms. The third-order valence-electron chi connectivity index (χ3n) is 2.01. The van der Waals surface area contributed by atoms with Crippen molar-refractivity contribution in [2.75, 3.05) is 6.61 Å². The average molecular weight is 312 g/mol. The van der Waals surface area contributed by atoms with E-state index in [4.69, 9.17) is 19.9 Å². The molecule has 0 saturated heterocycles. The lowest BCUT2D eigenvalue weighted by Crippen LogP contribution is -2.15. The Balaban J connectivity index is 4.96. The van der Waals surface area contributed by atoms with Crippen molar-refractivity contribution in [2.24, 2.45) is 0 Å². The Bertz CT molecular complexity index is 529. The molecule has 0 aliphatic heterocycles. The molecule has 10 nitrogen and oxygen atoms in total. The molecular formula is C9H12O10S. The van der Waals surface area contributed by atoms with Gasteiger partial charge in [-0.2, -0.15) is 8.42 Å². The van der Waals surface area contributed by atoms with Crippen LogP contribution in [-0.4, -0.2) is 52.8 Å². The van der Waals surface area contributed by atoms with E-state index >= 15 is 0 Å². The van der Waals surface area contributed by atoms with Crippen molar-refractivity contribution in [2.45, 2.75) is 19.3 Å². The van der Waals surface area contributed by atoms with E-state index in [1.807, 2.05) is 0 Å². The second-order valence-electron chi connectivity index (χ2n) is 3.49. The molecule has 0 bridgehead atoms. The van der Waals surface area contributed by atoms with Crippen LogP contribution in [0.15, 0.2) is 11.1 Å². The molecule has 0 aromatic heterocycles. The summed E-state index contributed by atoms with van der Waals surface area (Å²) in [6.45, 7) is -0.574. The van der Waals surface area contributed by atoms with Crippen LogP contribution in [-0.2, 0) is 29.0 Å². The molecule has 0 spiro atoms. The second-order valence-corrected chi connectivity index (χ2v) is 4.58. The van der Waals surface area contributed by atoms with Crippen LogP contribution in [0.3, 0.4) is 0 Å². The molecule has 114 valence electrons. The van der Waals surface area contributed by atoms with Crippen LogP contribution < -0.4 is 0 Å². The summed E-state index contributed by atoms with van der Waals surface area (Å²) in [5, 5.41) is 26.1. The van der Waals surface area contributed by atoms with Crippen molar-refractivity contribution >= 4 is 28.3 Å². The predicted octanol–water partition coefficient (Wildman–Crippen LogP) is -0.473. The monoisotopic (exact) mass is 312 g/mol. The van der Waals surface area contributed by atoms with Gasteiger partial charge in [0.05, 0.1) is 18.6 Å². The summed E-state index contributed by atoms with van der Waals surface area (Å²) in [7, 11) is -4.67. The van der Waals surface area contributed by atoms with Crippen LogP contribution in [0.1, 0.15) is 19.3 Å². The summed E-state index contributed by atoms with van der Waals surface area (Å²) in [5.41, 5.74) is -1.48. The van der Waals surface area contributed by atoms with Gasteiger partial charge in [-0.3, -0.25) is 9.35 Å². The number of carboxylic acid groups (broad SMARTS) is 3. The average Bonchev–Trinajstić information content (AvgIpc) is 2.24. The zero-order chi connectivity index (χ0) is 15.9. The summed E-state index contributed by atoms with van der Waals surface area (Å²) in [5.74, 6) is -4.84. The van der Waals surface area contributed by atoms with Gasteiger partial charge < -0.3 is 15.3 Å². The smallest absolute Gasteiger partial charge is 0.397 e. The molecule has 0 amide bonds. The fraction of sp³-hybridized carbons (Fsp3) is 0.444. The standard InChI is InChI=1S/C9H12O10S/c10-7(11)4-6(9(14)15)5(8(12)13)2-1-3-19-20(16,17)18/h1-4H2,(H,10,11)(H,12,13)(H,14,15)(H,16,17,18)/b6-5-. The number of carbonyl (C=O) groups is 3. The summed E-state index contributed by atoms with van der Waals surface area (Å²) in [4.78, 5) is 32.2. The van der Waals surface area contributed by atoms with Crippen LogP contribution >= 0.6 is 0 Å². The van der Waals surface area contributed by atoms with Crippen LogP contribution in [0.25, 0.3) is 0 Å². The van der Waals surface area contributed by atoms with Gasteiger partial charge in [0, 0.05) is 5.57 Å². The maximum Gasteiger partial charge on any atom is 0.397 e. The number of carboxylic acids is 3. The SMILES string of the molecule is O=C(O)C/C(C(=O)O)=C(\CCCOS(=O)(=O)O)C(=O)O.